The van der Waals surface area contributed by atoms with Gasteiger partial charge >= 0.3 is 0 Å². The van der Waals surface area contributed by atoms with E-state index in [2.05, 4.69) is 15.3 Å². The molecule has 8 heteroatoms. The average Bonchev–Trinajstić information content (AvgIpc) is 3.06. The van der Waals surface area contributed by atoms with Gasteiger partial charge in [0.1, 0.15) is 5.69 Å². The summed E-state index contributed by atoms with van der Waals surface area (Å²) in [4.78, 5) is 14.9. The molecule has 1 aromatic heterocycles. The first-order chi connectivity index (χ1) is 13.5. The largest absolute Gasteiger partial charge is 0.383 e. The van der Waals surface area contributed by atoms with Gasteiger partial charge in [0.15, 0.2) is 17.3 Å². The highest BCUT2D eigenvalue weighted by atomic mass is 19.1. The molecule has 1 aliphatic heterocycles. The van der Waals surface area contributed by atoms with Crippen molar-refractivity contribution in [1.29, 1.82) is 0 Å². The molecule has 1 fully saturated rings. The molecule has 6 nitrogen and oxygen atoms in total. The Bertz CT molecular complexity index is 796. The number of nitrogens with one attached hydrogen (secondary N) is 1. The van der Waals surface area contributed by atoms with Crippen LogP contribution in [0.25, 0.3) is 5.69 Å². The fourth-order valence-corrected chi connectivity index (χ4v) is 3.46. The topological polar surface area (TPSA) is 59.4 Å². The number of carbonyl (C=O) groups is 1. The number of ether oxygens (including phenoxy) is 1. The number of para-hydroxylation sites is 1. The highest BCUT2D eigenvalue weighted by Crippen LogP contribution is 2.19. The van der Waals surface area contributed by atoms with E-state index in [1.54, 1.807) is 14.0 Å². The van der Waals surface area contributed by atoms with E-state index in [9.17, 15) is 13.6 Å². The monoisotopic (exact) mass is 392 g/mol. The Labute approximate surface area is 163 Å². The highest BCUT2D eigenvalue weighted by Gasteiger charge is 2.22. The molecule has 1 amide bonds. The second-order valence-corrected chi connectivity index (χ2v) is 7.16. The molecule has 0 unspecified atom stereocenters. The molecular weight excluding hydrogens is 366 g/mol. The summed E-state index contributed by atoms with van der Waals surface area (Å²) in [5.41, 5.74) is 0.461. The molecule has 0 atom stereocenters. The van der Waals surface area contributed by atoms with Gasteiger partial charge in [-0.25, -0.2) is 13.5 Å². The number of nitrogens with zero attached hydrogens (tertiary/aromatic N) is 3. The molecule has 0 saturated carbocycles. The summed E-state index contributed by atoms with van der Waals surface area (Å²) < 4.78 is 34.1. The lowest BCUT2D eigenvalue weighted by Crippen LogP contribution is -2.40. The van der Waals surface area contributed by atoms with Crippen LogP contribution in [-0.2, 0) is 4.74 Å². The molecule has 0 radical (unpaired) electrons. The number of rotatable bonds is 7. The zero-order valence-electron chi connectivity index (χ0n) is 16.3. The number of carbonyl (C=O) groups excluding carboxylic acids is 1. The summed E-state index contributed by atoms with van der Waals surface area (Å²) in [5, 5.41) is 7.03. The highest BCUT2D eigenvalue weighted by molar-refractivity contribution is 5.93. The van der Waals surface area contributed by atoms with Crippen LogP contribution in [0.2, 0.25) is 0 Å². The number of benzene rings is 1. The Balaban J connectivity index is 1.58. The number of aromatic nitrogens is 2. The maximum absolute atomic E-state index is 14.0. The Morgan fingerprint density at radius 3 is 2.61 bits per heavy atom. The summed E-state index contributed by atoms with van der Waals surface area (Å²) in [7, 11) is 1.70. The van der Waals surface area contributed by atoms with Gasteiger partial charge in [-0.1, -0.05) is 6.07 Å². The number of halogens is 2. The predicted octanol–water partition coefficient (Wildman–Crippen LogP) is 2.55. The Morgan fingerprint density at radius 1 is 1.29 bits per heavy atom. The summed E-state index contributed by atoms with van der Waals surface area (Å²) in [6.07, 6.45) is 3.49. The zero-order valence-corrected chi connectivity index (χ0v) is 16.3. The van der Waals surface area contributed by atoms with Gasteiger partial charge in [0.2, 0.25) is 0 Å². The van der Waals surface area contributed by atoms with Crippen molar-refractivity contribution >= 4 is 5.91 Å². The molecule has 0 aliphatic carbocycles. The van der Waals surface area contributed by atoms with E-state index in [-0.39, 0.29) is 17.3 Å². The molecule has 28 heavy (non-hydrogen) atoms. The van der Waals surface area contributed by atoms with Crippen LogP contribution in [0.15, 0.2) is 24.4 Å². The number of aryl methyl sites for hydroxylation is 1. The third-order valence-corrected chi connectivity index (χ3v) is 5.15. The summed E-state index contributed by atoms with van der Waals surface area (Å²) >= 11 is 0. The van der Waals surface area contributed by atoms with Crippen molar-refractivity contribution in [3.8, 4) is 5.69 Å². The third kappa shape index (κ3) is 4.74. The van der Waals surface area contributed by atoms with E-state index in [1.165, 1.54) is 12.3 Å². The third-order valence-electron chi connectivity index (χ3n) is 5.15. The Morgan fingerprint density at radius 2 is 1.96 bits per heavy atom. The maximum Gasteiger partial charge on any atom is 0.272 e. The van der Waals surface area contributed by atoms with Crippen LogP contribution in [0.3, 0.4) is 0 Å². The van der Waals surface area contributed by atoms with Crippen LogP contribution in [0, 0.1) is 24.5 Å². The molecule has 152 valence electrons. The second-order valence-electron chi connectivity index (χ2n) is 7.16. The Kier molecular flexibility index (Phi) is 6.74. The molecule has 3 rings (SSSR count). The SMILES string of the molecule is COCCN1CCC(CNC(=O)c2nn(-c3c(F)cccc3F)cc2C)CC1. The number of hydrogen-bond donors (Lipinski definition) is 1. The fourth-order valence-electron chi connectivity index (χ4n) is 3.46. The molecule has 1 aliphatic rings. The van der Waals surface area contributed by atoms with Gasteiger partial charge in [0, 0.05) is 32.0 Å². The standard InChI is InChI=1S/C20H26F2N4O2/c1-14-13-26(19-16(21)4-3-5-17(19)22)24-18(14)20(27)23-12-15-6-8-25(9-7-15)10-11-28-2/h3-5,13,15H,6-12H2,1-2H3,(H,23,27). The van der Waals surface area contributed by atoms with Gasteiger partial charge in [-0.3, -0.25) is 4.79 Å². The summed E-state index contributed by atoms with van der Waals surface area (Å²) in [6.45, 7) is 5.90. The maximum atomic E-state index is 14.0. The van der Waals surface area contributed by atoms with Crippen LogP contribution in [0.1, 0.15) is 28.9 Å². The molecule has 0 bridgehead atoms. The second kappa shape index (κ2) is 9.25. The summed E-state index contributed by atoms with van der Waals surface area (Å²) in [6, 6.07) is 3.61. The van der Waals surface area contributed by atoms with E-state index in [4.69, 9.17) is 4.74 Å². The first-order valence-corrected chi connectivity index (χ1v) is 9.49. The lowest BCUT2D eigenvalue weighted by molar-refractivity contribution is 0.0920. The number of piperidine rings is 1. The number of amides is 1. The molecule has 1 saturated heterocycles. The van der Waals surface area contributed by atoms with Gasteiger partial charge in [0.25, 0.3) is 5.91 Å². The van der Waals surface area contributed by atoms with Crippen LogP contribution >= 0.6 is 0 Å². The molecule has 2 aromatic rings. The zero-order chi connectivity index (χ0) is 20.1. The minimum Gasteiger partial charge on any atom is -0.383 e. The average molecular weight is 392 g/mol. The number of likely N-dealkylation sites (tertiary alicyclic amines) is 1. The first-order valence-electron chi connectivity index (χ1n) is 9.49. The van der Waals surface area contributed by atoms with Crippen LogP contribution in [0.5, 0.6) is 0 Å². The molecule has 0 spiro atoms. The number of methoxy groups -OCH3 is 1. The summed E-state index contributed by atoms with van der Waals surface area (Å²) in [5.74, 6) is -1.37. The quantitative estimate of drug-likeness (QED) is 0.787. The van der Waals surface area contributed by atoms with E-state index in [0.717, 1.165) is 55.9 Å². The van der Waals surface area contributed by atoms with E-state index < -0.39 is 11.6 Å². The normalized spacial score (nSPS) is 15.7. The van der Waals surface area contributed by atoms with E-state index in [0.29, 0.717) is 18.0 Å². The number of hydrogen-bond acceptors (Lipinski definition) is 4. The van der Waals surface area contributed by atoms with Crippen molar-refractivity contribution in [1.82, 2.24) is 20.0 Å². The van der Waals surface area contributed by atoms with Crippen molar-refractivity contribution in [2.24, 2.45) is 5.92 Å². The molecular formula is C20H26F2N4O2. The van der Waals surface area contributed by atoms with Crippen molar-refractivity contribution in [2.75, 3.05) is 39.9 Å². The molecule has 1 aromatic carbocycles. The fraction of sp³-hybridized carbons (Fsp3) is 0.500. The van der Waals surface area contributed by atoms with Gasteiger partial charge in [-0.15, -0.1) is 0 Å². The Hall–Kier alpha value is -2.32. The minimum absolute atomic E-state index is 0.181. The minimum atomic E-state index is -0.727. The van der Waals surface area contributed by atoms with E-state index in [1.807, 2.05) is 0 Å². The van der Waals surface area contributed by atoms with Crippen molar-refractivity contribution in [2.45, 2.75) is 19.8 Å². The lowest BCUT2D eigenvalue weighted by Gasteiger charge is -2.31. The first kappa shape index (κ1) is 20.4. The van der Waals surface area contributed by atoms with Crippen molar-refractivity contribution in [3.63, 3.8) is 0 Å². The van der Waals surface area contributed by atoms with Crippen LogP contribution in [0.4, 0.5) is 8.78 Å². The lowest BCUT2D eigenvalue weighted by atomic mass is 9.97. The van der Waals surface area contributed by atoms with E-state index >= 15 is 0 Å². The van der Waals surface area contributed by atoms with Crippen LogP contribution < -0.4 is 5.32 Å². The molecule has 2 heterocycles. The predicted molar refractivity (Wildman–Crippen MR) is 102 cm³/mol. The van der Waals surface area contributed by atoms with Crippen molar-refractivity contribution in [3.05, 3.63) is 47.3 Å². The molecule has 1 N–H and O–H groups in total. The van der Waals surface area contributed by atoms with Crippen LogP contribution in [-0.4, -0.2) is 60.5 Å². The van der Waals surface area contributed by atoms with Crippen molar-refractivity contribution < 1.29 is 18.3 Å². The van der Waals surface area contributed by atoms with Gasteiger partial charge in [-0.05, 0) is 50.9 Å². The van der Waals surface area contributed by atoms with Gasteiger partial charge in [0.05, 0.1) is 6.61 Å². The van der Waals surface area contributed by atoms with Gasteiger partial charge in [-0.2, -0.15) is 5.10 Å². The van der Waals surface area contributed by atoms with Gasteiger partial charge < -0.3 is 15.0 Å². The smallest absolute Gasteiger partial charge is 0.272 e.